The molecule has 0 spiro atoms. The van der Waals surface area contributed by atoms with E-state index in [0.29, 0.717) is 31.9 Å². The number of pyridine rings is 1. The van der Waals surface area contributed by atoms with Crippen molar-refractivity contribution in [2.45, 2.75) is 6.61 Å². The average molecular weight is 289 g/mol. The molecule has 1 aromatic heterocycles. The monoisotopic (exact) mass is 287 g/mol. The van der Waals surface area contributed by atoms with E-state index in [2.05, 4.69) is 4.98 Å². The van der Waals surface area contributed by atoms with Crippen LogP contribution in [-0.2, 0) is 6.61 Å². The lowest BCUT2D eigenvalue weighted by molar-refractivity contribution is 0.281. The second-order valence-corrected chi connectivity index (χ2v) is 4.67. The quantitative estimate of drug-likeness (QED) is 0.840. The van der Waals surface area contributed by atoms with Crippen molar-refractivity contribution >= 4 is 34.8 Å². The maximum absolute atomic E-state index is 9.08. The molecule has 0 unspecified atom stereocenters. The van der Waals surface area contributed by atoms with Crippen LogP contribution in [0.25, 0.3) is 11.1 Å². The van der Waals surface area contributed by atoms with E-state index in [1.807, 2.05) is 0 Å². The molecule has 1 heterocycles. The molecular formula is C12H8Cl3NO. The Hall–Kier alpha value is -0.800. The van der Waals surface area contributed by atoms with Gasteiger partial charge in [-0.1, -0.05) is 34.8 Å². The zero-order valence-electron chi connectivity index (χ0n) is 8.62. The summed E-state index contributed by atoms with van der Waals surface area (Å²) < 4.78 is 0. The lowest BCUT2D eigenvalue weighted by Crippen LogP contribution is -1.90. The molecule has 17 heavy (non-hydrogen) atoms. The Morgan fingerprint density at radius 1 is 1.06 bits per heavy atom. The number of rotatable bonds is 2. The molecule has 2 rings (SSSR count). The molecule has 0 aliphatic carbocycles. The lowest BCUT2D eigenvalue weighted by atomic mass is 10.1. The van der Waals surface area contributed by atoms with Gasteiger partial charge < -0.3 is 5.11 Å². The standard InChI is InChI=1S/C12H8Cl3NO/c13-8-1-2-11(14)9(4-8)10-3-7(6-17)5-16-12(10)15/h1-5,17H,6H2. The summed E-state index contributed by atoms with van der Waals surface area (Å²) in [6.45, 7) is -0.102. The van der Waals surface area contributed by atoms with E-state index in [0.717, 1.165) is 0 Å². The third-order valence-corrected chi connectivity index (χ3v) is 3.16. The van der Waals surface area contributed by atoms with Gasteiger partial charge in [0.1, 0.15) is 5.15 Å². The first-order valence-electron chi connectivity index (χ1n) is 4.82. The third-order valence-electron chi connectivity index (χ3n) is 2.30. The smallest absolute Gasteiger partial charge is 0.136 e. The first kappa shape index (κ1) is 12.7. The zero-order chi connectivity index (χ0) is 12.4. The molecule has 1 N–H and O–H groups in total. The van der Waals surface area contributed by atoms with Crippen LogP contribution < -0.4 is 0 Å². The minimum Gasteiger partial charge on any atom is -0.392 e. The Morgan fingerprint density at radius 2 is 1.82 bits per heavy atom. The summed E-state index contributed by atoms with van der Waals surface area (Å²) in [6, 6.07) is 6.85. The summed E-state index contributed by atoms with van der Waals surface area (Å²) in [7, 11) is 0. The Bertz CT molecular complexity index is 557. The van der Waals surface area contributed by atoms with Crippen LogP contribution in [0, 0.1) is 0 Å². The van der Waals surface area contributed by atoms with Gasteiger partial charge in [-0.3, -0.25) is 0 Å². The minimum atomic E-state index is -0.102. The van der Waals surface area contributed by atoms with Gasteiger partial charge in [-0.2, -0.15) is 0 Å². The predicted octanol–water partition coefficient (Wildman–Crippen LogP) is 4.20. The van der Waals surface area contributed by atoms with Crippen LogP contribution in [0.3, 0.4) is 0 Å². The normalized spacial score (nSPS) is 10.6. The molecule has 0 atom stereocenters. The Kier molecular flexibility index (Phi) is 3.89. The molecule has 0 radical (unpaired) electrons. The molecule has 0 bridgehead atoms. The maximum atomic E-state index is 9.08. The number of aromatic nitrogens is 1. The van der Waals surface area contributed by atoms with Gasteiger partial charge in [-0.25, -0.2) is 4.98 Å². The Morgan fingerprint density at radius 3 is 2.53 bits per heavy atom. The summed E-state index contributed by atoms with van der Waals surface area (Å²) in [5.74, 6) is 0. The molecule has 2 nitrogen and oxygen atoms in total. The molecule has 1 aromatic carbocycles. The molecule has 0 saturated carbocycles. The molecule has 0 saturated heterocycles. The van der Waals surface area contributed by atoms with Gasteiger partial charge in [0.25, 0.3) is 0 Å². The van der Waals surface area contributed by atoms with Crippen LogP contribution in [0.5, 0.6) is 0 Å². The fourth-order valence-electron chi connectivity index (χ4n) is 1.47. The van der Waals surface area contributed by atoms with E-state index in [9.17, 15) is 0 Å². The van der Waals surface area contributed by atoms with Crippen LogP contribution >= 0.6 is 34.8 Å². The number of aliphatic hydroxyl groups is 1. The summed E-state index contributed by atoms with van der Waals surface area (Å²) in [4.78, 5) is 4.00. The first-order valence-corrected chi connectivity index (χ1v) is 5.96. The summed E-state index contributed by atoms with van der Waals surface area (Å²) >= 11 is 18.0. The highest BCUT2D eigenvalue weighted by Crippen LogP contribution is 2.34. The fourth-order valence-corrected chi connectivity index (χ4v) is 2.07. The van der Waals surface area contributed by atoms with E-state index < -0.39 is 0 Å². The van der Waals surface area contributed by atoms with Gasteiger partial charge in [0.2, 0.25) is 0 Å². The molecule has 0 fully saturated rings. The average Bonchev–Trinajstić information content (AvgIpc) is 2.33. The van der Waals surface area contributed by atoms with Crippen molar-refractivity contribution in [2.24, 2.45) is 0 Å². The van der Waals surface area contributed by atoms with Crippen molar-refractivity contribution in [3.05, 3.63) is 51.2 Å². The fraction of sp³-hybridized carbons (Fsp3) is 0.0833. The number of halogens is 3. The Balaban J connectivity index is 2.62. The van der Waals surface area contributed by atoms with Gasteiger partial charge >= 0.3 is 0 Å². The molecule has 0 aliphatic heterocycles. The van der Waals surface area contributed by atoms with Gasteiger partial charge in [0, 0.05) is 27.4 Å². The van der Waals surface area contributed by atoms with E-state index in [4.69, 9.17) is 39.9 Å². The van der Waals surface area contributed by atoms with Crippen LogP contribution in [0.15, 0.2) is 30.5 Å². The van der Waals surface area contributed by atoms with Crippen molar-refractivity contribution in [3.63, 3.8) is 0 Å². The Labute approximate surface area is 114 Å². The first-order chi connectivity index (χ1) is 8.11. The van der Waals surface area contributed by atoms with Gasteiger partial charge in [-0.15, -0.1) is 0 Å². The molecule has 5 heteroatoms. The number of aliphatic hydroxyl groups excluding tert-OH is 1. The highest BCUT2D eigenvalue weighted by Gasteiger charge is 2.10. The van der Waals surface area contributed by atoms with Gasteiger partial charge in [-0.05, 0) is 29.8 Å². The van der Waals surface area contributed by atoms with Crippen LogP contribution in [0.1, 0.15) is 5.56 Å². The summed E-state index contributed by atoms with van der Waals surface area (Å²) in [5.41, 5.74) is 2.03. The molecule has 0 aliphatic rings. The molecule has 0 amide bonds. The van der Waals surface area contributed by atoms with Gasteiger partial charge in [0.15, 0.2) is 0 Å². The molecule has 88 valence electrons. The van der Waals surface area contributed by atoms with E-state index in [1.165, 1.54) is 6.20 Å². The van der Waals surface area contributed by atoms with Gasteiger partial charge in [0.05, 0.1) is 6.61 Å². The lowest BCUT2D eigenvalue weighted by Gasteiger charge is -2.08. The van der Waals surface area contributed by atoms with Crippen molar-refractivity contribution in [1.82, 2.24) is 4.98 Å². The maximum Gasteiger partial charge on any atom is 0.136 e. The number of hydrogen-bond acceptors (Lipinski definition) is 2. The van der Waals surface area contributed by atoms with Crippen molar-refractivity contribution in [1.29, 1.82) is 0 Å². The highest BCUT2D eigenvalue weighted by atomic mass is 35.5. The minimum absolute atomic E-state index is 0.102. The summed E-state index contributed by atoms with van der Waals surface area (Å²) in [6.07, 6.45) is 1.52. The van der Waals surface area contributed by atoms with E-state index in [-0.39, 0.29) is 6.61 Å². The third kappa shape index (κ3) is 2.72. The largest absolute Gasteiger partial charge is 0.392 e. The van der Waals surface area contributed by atoms with Crippen molar-refractivity contribution < 1.29 is 5.11 Å². The summed E-state index contributed by atoms with van der Waals surface area (Å²) in [5, 5.41) is 10.5. The number of nitrogens with zero attached hydrogens (tertiary/aromatic N) is 1. The number of hydrogen-bond donors (Lipinski definition) is 1. The van der Waals surface area contributed by atoms with E-state index >= 15 is 0 Å². The van der Waals surface area contributed by atoms with Crippen molar-refractivity contribution in [2.75, 3.05) is 0 Å². The second kappa shape index (κ2) is 5.23. The van der Waals surface area contributed by atoms with Crippen LogP contribution in [0.4, 0.5) is 0 Å². The molecule has 2 aromatic rings. The van der Waals surface area contributed by atoms with E-state index in [1.54, 1.807) is 24.3 Å². The van der Waals surface area contributed by atoms with Crippen LogP contribution in [-0.4, -0.2) is 10.1 Å². The SMILES string of the molecule is OCc1cnc(Cl)c(-c2cc(Cl)ccc2Cl)c1. The van der Waals surface area contributed by atoms with Crippen molar-refractivity contribution in [3.8, 4) is 11.1 Å². The van der Waals surface area contributed by atoms with Crippen LogP contribution in [0.2, 0.25) is 15.2 Å². The predicted molar refractivity (Wildman–Crippen MR) is 70.6 cm³/mol. The highest BCUT2D eigenvalue weighted by molar-refractivity contribution is 6.37. The zero-order valence-corrected chi connectivity index (χ0v) is 10.9. The second-order valence-electron chi connectivity index (χ2n) is 3.46. The number of benzene rings is 1. The molecular weight excluding hydrogens is 280 g/mol. The topological polar surface area (TPSA) is 33.1 Å².